The molecule has 1 aliphatic rings. The lowest BCUT2D eigenvalue weighted by Crippen LogP contribution is -2.23. The molecule has 5 nitrogen and oxygen atoms in total. The van der Waals surface area contributed by atoms with E-state index in [4.69, 9.17) is 4.98 Å². The van der Waals surface area contributed by atoms with Gasteiger partial charge in [0.25, 0.3) is 0 Å². The molecule has 110 valence electrons. The molecule has 2 heterocycles. The van der Waals surface area contributed by atoms with E-state index in [9.17, 15) is 0 Å². The van der Waals surface area contributed by atoms with Crippen LogP contribution in [0.15, 0.2) is 24.8 Å². The lowest BCUT2D eigenvalue weighted by Gasteiger charge is -2.18. The topological polar surface area (TPSA) is 63.6 Å². The summed E-state index contributed by atoms with van der Waals surface area (Å²) >= 11 is 0. The molecule has 0 radical (unpaired) electrons. The van der Waals surface area contributed by atoms with E-state index in [2.05, 4.69) is 27.2 Å². The van der Waals surface area contributed by atoms with Crippen LogP contribution < -0.4 is 5.32 Å². The van der Waals surface area contributed by atoms with Crippen molar-refractivity contribution in [3.63, 3.8) is 0 Å². The Labute approximate surface area is 125 Å². The molecule has 3 rings (SSSR count). The van der Waals surface area contributed by atoms with Crippen molar-refractivity contribution in [2.45, 2.75) is 45.1 Å². The molecule has 2 aromatic heterocycles. The van der Waals surface area contributed by atoms with Crippen LogP contribution in [0.3, 0.4) is 0 Å². The summed E-state index contributed by atoms with van der Waals surface area (Å²) in [6.07, 6.45) is 11.0. The van der Waals surface area contributed by atoms with Crippen molar-refractivity contribution < 1.29 is 0 Å². The Morgan fingerprint density at radius 2 is 2.24 bits per heavy atom. The molecule has 2 aromatic rings. The smallest absolute Gasteiger partial charge is 0.178 e. The Bertz CT molecular complexity index is 584. The van der Waals surface area contributed by atoms with E-state index in [1.165, 1.54) is 36.8 Å². The van der Waals surface area contributed by atoms with Crippen LogP contribution in [0.5, 0.6) is 0 Å². The third-order valence-corrected chi connectivity index (χ3v) is 3.88. The maximum atomic E-state index is 4.76. The molecule has 1 atom stereocenters. The summed E-state index contributed by atoms with van der Waals surface area (Å²) in [6.45, 7) is 3.23. The standard InChI is InChI=1S/C16H21N5/c1-2-8-18-13-5-3-4-6-14-12(13)10-19-16(21-14)15-7-9-17-11-20-15/h7,9-11,13,18H,2-6,8H2,1H3. The summed E-state index contributed by atoms with van der Waals surface area (Å²) in [5, 5.41) is 3.62. The Kier molecular flexibility index (Phi) is 4.50. The second-order valence-corrected chi connectivity index (χ2v) is 5.44. The van der Waals surface area contributed by atoms with Crippen LogP contribution >= 0.6 is 0 Å². The van der Waals surface area contributed by atoms with Crippen molar-refractivity contribution in [1.29, 1.82) is 0 Å². The third-order valence-electron chi connectivity index (χ3n) is 3.88. The van der Waals surface area contributed by atoms with Crippen LogP contribution in [0.4, 0.5) is 0 Å². The third kappa shape index (κ3) is 3.24. The predicted octanol–water partition coefficient (Wildman–Crippen LogP) is 2.70. The number of aryl methyl sites for hydroxylation is 1. The summed E-state index contributed by atoms with van der Waals surface area (Å²) in [7, 11) is 0. The first-order chi connectivity index (χ1) is 10.4. The van der Waals surface area contributed by atoms with Gasteiger partial charge in [0.2, 0.25) is 0 Å². The van der Waals surface area contributed by atoms with Gasteiger partial charge in [0.15, 0.2) is 5.82 Å². The minimum absolute atomic E-state index is 0.391. The van der Waals surface area contributed by atoms with Gasteiger partial charge < -0.3 is 5.32 Å². The zero-order valence-corrected chi connectivity index (χ0v) is 12.4. The number of nitrogens with one attached hydrogen (secondary N) is 1. The molecular weight excluding hydrogens is 262 g/mol. The number of nitrogens with zero attached hydrogens (tertiary/aromatic N) is 4. The van der Waals surface area contributed by atoms with E-state index in [1.807, 2.05) is 12.3 Å². The van der Waals surface area contributed by atoms with Gasteiger partial charge in [-0.2, -0.15) is 0 Å². The van der Waals surface area contributed by atoms with Crippen LogP contribution in [0, 0.1) is 0 Å². The van der Waals surface area contributed by atoms with Gasteiger partial charge in [0.1, 0.15) is 12.0 Å². The van der Waals surface area contributed by atoms with Crippen molar-refractivity contribution in [2.24, 2.45) is 0 Å². The van der Waals surface area contributed by atoms with Gasteiger partial charge in [-0.05, 0) is 38.3 Å². The van der Waals surface area contributed by atoms with E-state index in [0.717, 1.165) is 25.1 Å². The molecule has 1 aliphatic carbocycles. The summed E-state index contributed by atoms with van der Waals surface area (Å²) in [5.41, 5.74) is 3.22. The molecule has 0 spiro atoms. The van der Waals surface area contributed by atoms with Gasteiger partial charge in [-0.3, -0.25) is 0 Å². The first-order valence-electron chi connectivity index (χ1n) is 7.74. The minimum Gasteiger partial charge on any atom is -0.310 e. The van der Waals surface area contributed by atoms with Crippen LogP contribution in [-0.4, -0.2) is 26.5 Å². The van der Waals surface area contributed by atoms with E-state index >= 15 is 0 Å². The van der Waals surface area contributed by atoms with Crippen molar-refractivity contribution in [3.8, 4) is 11.5 Å². The predicted molar refractivity (Wildman–Crippen MR) is 81.6 cm³/mol. The summed E-state index contributed by atoms with van der Waals surface area (Å²) < 4.78 is 0. The highest BCUT2D eigenvalue weighted by atomic mass is 15.0. The molecule has 21 heavy (non-hydrogen) atoms. The summed E-state index contributed by atoms with van der Waals surface area (Å²) in [4.78, 5) is 17.5. The van der Waals surface area contributed by atoms with Gasteiger partial charge in [-0.25, -0.2) is 19.9 Å². The van der Waals surface area contributed by atoms with Gasteiger partial charge in [0, 0.05) is 29.7 Å². The van der Waals surface area contributed by atoms with E-state index < -0.39 is 0 Å². The number of rotatable bonds is 4. The maximum Gasteiger partial charge on any atom is 0.178 e. The first-order valence-corrected chi connectivity index (χ1v) is 7.74. The molecule has 0 bridgehead atoms. The highest BCUT2D eigenvalue weighted by molar-refractivity contribution is 5.48. The number of aromatic nitrogens is 4. The molecule has 0 saturated heterocycles. The van der Waals surface area contributed by atoms with Crippen molar-refractivity contribution >= 4 is 0 Å². The van der Waals surface area contributed by atoms with Crippen LogP contribution in [0.25, 0.3) is 11.5 Å². The molecular formula is C16H21N5. The molecule has 0 aliphatic heterocycles. The molecule has 0 saturated carbocycles. The monoisotopic (exact) mass is 283 g/mol. The Morgan fingerprint density at radius 1 is 1.29 bits per heavy atom. The summed E-state index contributed by atoms with van der Waals surface area (Å²) in [5.74, 6) is 0.701. The van der Waals surface area contributed by atoms with Gasteiger partial charge in [-0.1, -0.05) is 13.3 Å². The van der Waals surface area contributed by atoms with Crippen molar-refractivity contribution in [2.75, 3.05) is 6.54 Å². The molecule has 1 N–H and O–H groups in total. The Morgan fingerprint density at radius 3 is 3.05 bits per heavy atom. The highest BCUT2D eigenvalue weighted by Crippen LogP contribution is 2.28. The highest BCUT2D eigenvalue weighted by Gasteiger charge is 2.20. The second kappa shape index (κ2) is 6.72. The normalized spacial score (nSPS) is 18.0. The van der Waals surface area contributed by atoms with Crippen molar-refractivity contribution in [3.05, 3.63) is 36.0 Å². The molecule has 0 aromatic carbocycles. The average molecular weight is 283 g/mol. The zero-order chi connectivity index (χ0) is 14.5. The number of hydrogen-bond acceptors (Lipinski definition) is 5. The van der Waals surface area contributed by atoms with Crippen LogP contribution in [0.1, 0.15) is 49.9 Å². The first kappa shape index (κ1) is 14.1. The fraction of sp³-hybridized carbons (Fsp3) is 0.500. The van der Waals surface area contributed by atoms with Crippen LogP contribution in [-0.2, 0) is 6.42 Å². The lowest BCUT2D eigenvalue weighted by atomic mass is 10.0. The SMILES string of the molecule is CCCNC1CCCCc2nc(-c3ccncn3)ncc21. The van der Waals surface area contributed by atoms with Crippen LogP contribution in [0.2, 0.25) is 0 Å². The maximum absolute atomic E-state index is 4.76. The van der Waals surface area contributed by atoms with Gasteiger partial charge in [0.05, 0.1) is 0 Å². The molecule has 1 unspecified atom stereocenters. The van der Waals surface area contributed by atoms with E-state index in [0.29, 0.717) is 11.9 Å². The average Bonchev–Trinajstić information content (AvgIpc) is 2.75. The zero-order valence-electron chi connectivity index (χ0n) is 12.4. The fourth-order valence-electron chi connectivity index (χ4n) is 2.79. The molecule has 0 fully saturated rings. The fourth-order valence-corrected chi connectivity index (χ4v) is 2.79. The lowest BCUT2D eigenvalue weighted by molar-refractivity contribution is 0.488. The largest absolute Gasteiger partial charge is 0.310 e. The Balaban J connectivity index is 1.92. The number of hydrogen-bond donors (Lipinski definition) is 1. The minimum atomic E-state index is 0.391. The summed E-state index contributed by atoms with van der Waals surface area (Å²) in [6, 6.07) is 2.24. The quantitative estimate of drug-likeness (QED) is 0.874. The second-order valence-electron chi connectivity index (χ2n) is 5.44. The van der Waals surface area contributed by atoms with Gasteiger partial charge in [-0.15, -0.1) is 0 Å². The van der Waals surface area contributed by atoms with E-state index in [1.54, 1.807) is 6.20 Å². The van der Waals surface area contributed by atoms with E-state index in [-0.39, 0.29) is 0 Å². The molecule has 0 amide bonds. The van der Waals surface area contributed by atoms with Gasteiger partial charge >= 0.3 is 0 Å². The number of fused-ring (bicyclic) bond motifs is 1. The Hall–Kier alpha value is -1.88. The van der Waals surface area contributed by atoms with Crippen molar-refractivity contribution in [1.82, 2.24) is 25.3 Å². The molecule has 5 heteroatoms.